The van der Waals surface area contributed by atoms with Gasteiger partial charge in [0, 0.05) is 6.20 Å². The molecule has 0 bridgehead atoms. The average Bonchev–Trinajstić information content (AvgIpc) is 3.38. The molecule has 1 fully saturated rings. The van der Waals surface area contributed by atoms with E-state index in [1.807, 2.05) is 0 Å². The molecule has 0 saturated carbocycles. The quantitative estimate of drug-likeness (QED) is 0.199. The molecule has 15 heteroatoms. The molecular weight excluding hydrogens is 539 g/mol. The number of aliphatic hydroxyl groups is 1. The van der Waals surface area contributed by atoms with Crippen molar-refractivity contribution >= 4 is 30.6 Å². The molecule has 1 aliphatic rings. The number of nitrogens with two attached hydrogens (primary N) is 1. The van der Waals surface area contributed by atoms with Crippen molar-refractivity contribution in [3.63, 3.8) is 0 Å². The number of carbonyl (C=O) groups excluding carboxylic acids is 1. The maximum absolute atomic E-state index is 15.9. The number of esters is 1. The number of carbonyl (C=O) groups is 1. The van der Waals surface area contributed by atoms with Gasteiger partial charge in [0.05, 0.1) is 24.7 Å². The monoisotopic (exact) mass is 565 g/mol. The van der Waals surface area contributed by atoms with Crippen LogP contribution in [0.5, 0.6) is 5.75 Å². The zero-order valence-corrected chi connectivity index (χ0v) is 22.0. The number of nitrogens with one attached hydrogen (secondary N) is 1. The van der Waals surface area contributed by atoms with Crippen LogP contribution in [0.15, 0.2) is 36.8 Å². The number of anilines is 1. The summed E-state index contributed by atoms with van der Waals surface area (Å²) in [7, 11) is -3.26. The molecule has 208 valence electrons. The largest absolute Gasteiger partial charge is 0.468 e. The van der Waals surface area contributed by atoms with Gasteiger partial charge in [-0.15, -0.1) is 6.42 Å². The highest BCUT2D eigenvalue weighted by atomic mass is 31.2. The van der Waals surface area contributed by atoms with Crippen molar-refractivity contribution < 1.29 is 41.8 Å². The van der Waals surface area contributed by atoms with Gasteiger partial charge in [0.2, 0.25) is 0 Å². The van der Waals surface area contributed by atoms with Crippen LogP contribution in [0.1, 0.15) is 25.6 Å². The van der Waals surface area contributed by atoms with E-state index in [1.165, 1.54) is 36.1 Å². The minimum atomic E-state index is -4.40. The summed E-state index contributed by atoms with van der Waals surface area (Å²) < 4.78 is 65.5. The van der Waals surface area contributed by atoms with Crippen molar-refractivity contribution in [3.8, 4) is 18.1 Å². The molecule has 0 aliphatic carbocycles. The number of terminal acetylenes is 1. The Balaban J connectivity index is 1.59. The maximum Gasteiger partial charge on any atom is 0.459 e. The number of nitrogens with zero attached hydrogens (tertiary/aromatic N) is 3. The molecular formula is C24H26F2N5O7P. The van der Waals surface area contributed by atoms with Crippen LogP contribution < -0.4 is 15.3 Å². The molecule has 4 rings (SSSR count). The molecule has 2 unspecified atom stereocenters. The van der Waals surface area contributed by atoms with Crippen molar-refractivity contribution in [2.75, 3.05) is 19.5 Å². The number of nitrogen functional groups attached to an aromatic ring is 1. The lowest BCUT2D eigenvalue weighted by Crippen LogP contribution is -2.41. The molecule has 0 radical (unpaired) electrons. The summed E-state index contributed by atoms with van der Waals surface area (Å²) in [5.74, 6) is 1.12. The third-order valence-electron chi connectivity index (χ3n) is 6.12. The highest BCUT2D eigenvalue weighted by Gasteiger charge is 2.56. The Labute approximate surface area is 222 Å². The Morgan fingerprint density at radius 3 is 2.74 bits per heavy atom. The lowest BCUT2D eigenvalue weighted by atomic mass is 9.98. The molecule has 4 N–H and O–H groups in total. The first kappa shape index (κ1) is 28.4. The Hall–Kier alpha value is -3.60. The van der Waals surface area contributed by atoms with Crippen molar-refractivity contribution in [2.45, 2.75) is 44.0 Å². The summed E-state index contributed by atoms with van der Waals surface area (Å²) in [5, 5.41) is 13.5. The van der Waals surface area contributed by atoms with Crippen LogP contribution in [0.2, 0.25) is 0 Å². The second-order valence-electron chi connectivity index (χ2n) is 8.89. The Kier molecular flexibility index (Phi) is 7.92. The molecule has 2 aromatic heterocycles. The Bertz CT molecular complexity index is 1460. The molecule has 3 aromatic rings. The molecule has 1 aromatic carbocycles. The van der Waals surface area contributed by atoms with E-state index < -0.39 is 56.3 Å². The van der Waals surface area contributed by atoms with Gasteiger partial charge < -0.3 is 29.4 Å². The fourth-order valence-electron chi connectivity index (χ4n) is 4.11. The molecule has 0 amide bonds. The number of aliphatic hydroxyl groups excluding tert-OH is 1. The molecule has 39 heavy (non-hydrogen) atoms. The highest BCUT2D eigenvalue weighted by Crippen LogP contribution is 2.48. The zero-order valence-electron chi connectivity index (χ0n) is 21.1. The second-order valence-corrected chi connectivity index (χ2v) is 10.6. The summed E-state index contributed by atoms with van der Waals surface area (Å²) in [6.07, 6.45) is 3.56. The van der Waals surface area contributed by atoms with E-state index in [-0.39, 0.29) is 22.8 Å². The average molecular weight is 565 g/mol. The number of aromatic nitrogens is 3. The highest BCUT2D eigenvalue weighted by molar-refractivity contribution is 7.52. The van der Waals surface area contributed by atoms with Crippen molar-refractivity contribution in [1.29, 1.82) is 0 Å². The van der Waals surface area contributed by atoms with E-state index in [9.17, 15) is 18.9 Å². The molecule has 1 aliphatic heterocycles. The van der Waals surface area contributed by atoms with E-state index in [0.717, 1.165) is 26.2 Å². The summed E-state index contributed by atoms with van der Waals surface area (Å²) in [6.45, 7) is 1.81. The first-order chi connectivity index (χ1) is 18.4. The lowest BCUT2D eigenvalue weighted by Gasteiger charge is -2.25. The van der Waals surface area contributed by atoms with Gasteiger partial charge in [-0.1, -0.05) is 5.92 Å². The molecule has 3 heterocycles. The number of fused-ring (bicyclic) bond motifs is 1. The fraction of sp³-hybridized carbons (Fsp3) is 0.375. The van der Waals surface area contributed by atoms with Gasteiger partial charge in [0.25, 0.3) is 0 Å². The number of benzene rings is 1. The molecule has 1 saturated heterocycles. The predicted molar refractivity (Wildman–Crippen MR) is 135 cm³/mol. The topological polar surface area (TPSA) is 160 Å². The van der Waals surface area contributed by atoms with Crippen LogP contribution in [-0.2, 0) is 23.4 Å². The van der Waals surface area contributed by atoms with Crippen LogP contribution in [0.25, 0.3) is 11.0 Å². The Morgan fingerprint density at radius 2 is 2.10 bits per heavy atom. The first-order valence-corrected chi connectivity index (χ1v) is 13.1. The summed E-state index contributed by atoms with van der Waals surface area (Å²) in [6, 6.07) is 3.36. The van der Waals surface area contributed by atoms with Crippen LogP contribution in [-0.4, -0.2) is 63.2 Å². The molecule has 6 atom stereocenters. The van der Waals surface area contributed by atoms with Gasteiger partial charge in [-0.05, 0) is 38.1 Å². The number of methoxy groups -OCH3 is 1. The minimum absolute atomic E-state index is 0.0525. The second kappa shape index (κ2) is 10.9. The number of rotatable bonds is 9. The van der Waals surface area contributed by atoms with Crippen LogP contribution in [0, 0.1) is 18.2 Å². The predicted octanol–water partition coefficient (Wildman–Crippen LogP) is 2.48. The van der Waals surface area contributed by atoms with Gasteiger partial charge in [0.15, 0.2) is 11.9 Å². The van der Waals surface area contributed by atoms with Crippen molar-refractivity contribution in [3.05, 3.63) is 48.2 Å². The van der Waals surface area contributed by atoms with E-state index in [2.05, 4.69) is 25.7 Å². The maximum atomic E-state index is 15.9. The SMILES string of the molecule is C#Cc1cn([C@@H]2O[C@H](COP(=O)(NC(C)C(=O)OC)Oc3ccc(F)cc3)[C@@H](O)[C@@]2(C)F)c2ncnc(N)c12. The third-order valence-corrected chi connectivity index (χ3v) is 7.76. The van der Waals surface area contributed by atoms with E-state index in [4.69, 9.17) is 25.9 Å². The van der Waals surface area contributed by atoms with Crippen LogP contribution in [0.4, 0.5) is 14.6 Å². The number of alkyl halides is 1. The number of hydrogen-bond acceptors (Lipinski definition) is 10. The van der Waals surface area contributed by atoms with Gasteiger partial charge in [-0.2, -0.15) is 5.09 Å². The standard InChI is InChI=1S/C24H26F2N5O7P/c1-5-14-10-31(21-18(14)20(27)28-12-29-21)23-24(3,26)19(32)17(37-23)11-36-39(34,30-13(2)22(33)35-4)38-16-8-6-15(25)7-9-16/h1,6-10,12-13,17,19,23,32H,11H2,2-4H3,(H,30,34)(H2,27,28,29)/t13?,17-,19-,23-,24-,39?/m1/s1. The van der Waals surface area contributed by atoms with Gasteiger partial charge in [-0.3, -0.25) is 9.32 Å². The number of hydrogen-bond donors (Lipinski definition) is 3. The van der Waals surface area contributed by atoms with Gasteiger partial charge in [-0.25, -0.2) is 23.3 Å². The summed E-state index contributed by atoms with van der Waals surface area (Å²) in [4.78, 5) is 20.0. The van der Waals surface area contributed by atoms with E-state index >= 15 is 4.39 Å². The summed E-state index contributed by atoms with van der Waals surface area (Å²) >= 11 is 0. The third kappa shape index (κ3) is 5.59. The van der Waals surface area contributed by atoms with Crippen molar-refractivity contribution in [2.24, 2.45) is 0 Å². The normalized spacial score (nSPS) is 25.1. The van der Waals surface area contributed by atoms with Crippen LogP contribution >= 0.6 is 7.75 Å². The lowest BCUT2D eigenvalue weighted by molar-refractivity contribution is -0.142. The smallest absolute Gasteiger partial charge is 0.459 e. The van der Waals surface area contributed by atoms with Crippen LogP contribution in [0.3, 0.4) is 0 Å². The zero-order chi connectivity index (χ0) is 28.5. The number of ether oxygens (including phenoxy) is 2. The van der Waals surface area contributed by atoms with Crippen molar-refractivity contribution in [1.82, 2.24) is 19.6 Å². The molecule has 12 nitrogen and oxygen atoms in total. The number of halogens is 2. The van der Waals surface area contributed by atoms with Gasteiger partial charge >= 0.3 is 13.7 Å². The Morgan fingerprint density at radius 1 is 1.41 bits per heavy atom. The molecule has 0 spiro atoms. The minimum Gasteiger partial charge on any atom is -0.468 e. The van der Waals surface area contributed by atoms with Gasteiger partial charge in [0.1, 0.15) is 47.6 Å². The fourth-order valence-corrected chi connectivity index (χ4v) is 5.61. The first-order valence-electron chi connectivity index (χ1n) is 11.6. The van der Waals surface area contributed by atoms with E-state index in [1.54, 1.807) is 0 Å². The summed E-state index contributed by atoms with van der Waals surface area (Å²) in [5.41, 5.74) is 4.00. The van der Waals surface area contributed by atoms with E-state index in [0.29, 0.717) is 5.39 Å².